The van der Waals surface area contributed by atoms with Crippen molar-refractivity contribution in [1.29, 1.82) is 0 Å². The first kappa shape index (κ1) is 15.5. The number of nitrogens with two attached hydrogens (primary N) is 1. The number of ether oxygens (including phenoxy) is 1. The van der Waals surface area contributed by atoms with Crippen molar-refractivity contribution in [3.8, 4) is 5.75 Å². The maximum atomic E-state index is 11.8. The van der Waals surface area contributed by atoms with Gasteiger partial charge in [0.15, 0.2) is 0 Å². The Labute approximate surface area is 132 Å². The second-order valence-electron chi connectivity index (χ2n) is 4.35. The number of rotatable bonds is 5. The van der Waals surface area contributed by atoms with Crippen LogP contribution in [0.25, 0.3) is 0 Å². The van der Waals surface area contributed by atoms with Crippen molar-refractivity contribution in [2.75, 3.05) is 12.4 Å². The lowest BCUT2D eigenvalue weighted by Crippen LogP contribution is -2.28. The van der Waals surface area contributed by atoms with Crippen LogP contribution in [0.3, 0.4) is 0 Å². The van der Waals surface area contributed by atoms with E-state index in [2.05, 4.69) is 5.32 Å². The van der Waals surface area contributed by atoms with Crippen LogP contribution in [0.2, 0.25) is 10.0 Å². The zero-order valence-electron chi connectivity index (χ0n) is 11.3. The van der Waals surface area contributed by atoms with E-state index in [9.17, 15) is 4.79 Å². The maximum absolute atomic E-state index is 11.8. The molecule has 0 aliphatic carbocycles. The summed E-state index contributed by atoms with van der Waals surface area (Å²) in [6, 6.07) is 11.3. The average Bonchev–Trinajstić information content (AvgIpc) is 2.45. The second kappa shape index (κ2) is 6.70. The van der Waals surface area contributed by atoms with Gasteiger partial charge in [-0.3, -0.25) is 4.79 Å². The highest BCUT2D eigenvalue weighted by molar-refractivity contribution is 6.32. The Morgan fingerprint density at radius 3 is 2.57 bits per heavy atom. The first-order valence-corrected chi connectivity index (χ1v) is 6.92. The topological polar surface area (TPSA) is 64.3 Å². The molecule has 2 aromatic carbocycles. The van der Waals surface area contributed by atoms with Gasteiger partial charge in [0.05, 0.1) is 12.1 Å². The monoisotopic (exact) mass is 324 g/mol. The summed E-state index contributed by atoms with van der Waals surface area (Å²) >= 11 is 12.1. The number of carbonyl (C=O) groups excluding carboxylic acids is 1. The van der Waals surface area contributed by atoms with E-state index in [0.29, 0.717) is 27.0 Å². The number of carbonyl (C=O) groups is 1. The maximum Gasteiger partial charge on any atom is 0.244 e. The predicted octanol–water partition coefficient (Wildman–Crippen LogP) is 3.64. The van der Waals surface area contributed by atoms with E-state index < -0.39 is 11.9 Å². The molecule has 0 aliphatic heterocycles. The number of benzene rings is 2. The molecule has 0 radical (unpaired) electrons. The minimum Gasteiger partial charge on any atom is -0.496 e. The van der Waals surface area contributed by atoms with Gasteiger partial charge in [0.2, 0.25) is 5.91 Å². The van der Waals surface area contributed by atoms with E-state index >= 15 is 0 Å². The van der Waals surface area contributed by atoms with Gasteiger partial charge in [-0.05, 0) is 30.3 Å². The quantitative estimate of drug-likeness (QED) is 0.882. The van der Waals surface area contributed by atoms with E-state index in [-0.39, 0.29) is 0 Å². The van der Waals surface area contributed by atoms with Crippen molar-refractivity contribution in [3.63, 3.8) is 0 Å². The van der Waals surface area contributed by atoms with E-state index in [1.165, 1.54) is 7.11 Å². The van der Waals surface area contributed by atoms with Crippen molar-refractivity contribution in [2.24, 2.45) is 5.73 Å². The number of primary amides is 1. The second-order valence-corrected chi connectivity index (χ2v) is 5.19. The molecule has 0 heterocycles. The summed E-state index contributed by atoms with van der Waals surface area (Å²) in [5, 5.41) is 3.97. The number of halogens is 2. The first-order valence-electron chi connectivity index (χ1n) is 6.16. The van der Waals surface area contributed by atoms with E-state index in [0.717, 1.165) is 0 Å². The fraction of sp³-hybridized carbons (Fsp3) is 0.133. The Hall–Kier alpha value is -1.91. The molecule has 6 heteroatoms. The fourth-order valence-electron chi connectivity index (χ4n) is 2.01. The first-order chi connectivity index (χ1) is 10.0. The van der Waals surface area contributed by atoms with Gasteiger partial charge >= 0.3 is 0 Å². The molecule has 1 amide bonds. The van der Waals surface area contributed by atoms with E-state index in [1.54, 1.807) is 42.5 Å². The molecule has 0 saturated heterocycles. The van der Waals surface area contributed by atoms with Crippen LogP contribution in [0.5, 0.6) is 5.75 Å². The largest absolute Gasteiger partial charge is 0.496 e. The number of anilines is 1. The summed E-state index contributed by atoms with van der Waals surface area (Å²) in [6.07, 6.45) is 0. The molecular formula is C15H14Cl2N2O2. The third kappa shape index (κ3) is 3.60. The van der Waals surface area contributed by atoms with Crippen LogP contribution in [0, 0.1) is 0 Å². The number of nitrogens with one attached hydrogen (secondary N) is 1. The summed E-state index contributed by atoms with van der Waals surface area (Å²) in [6.45, 7) is 0. The van der Waals surface area contributed by atoms with Crippen molar-refractivity contribution in [3.05, 3.63) is 58.1 Å². The van der Waals surface area contributed by atoms with Crippen LogP contribution in [-0.2, 0) is 4.79 Å². The lowest BCUT2D eigenvalue weighted by atomic mass is 10.0. The summed E-state index contributed by atoms with van der Waals surface area (Å²) in [5.74, 6) is -0.0813. The van der Waals surface area contributed by atoms with Crippen LogP contribution in [0.1, 0.15) is 11.6 Å². The summed E-state index contributed by atoms with van der Waals surface area (Å²) in [4.78, 5) is 11.8. The van der Waals surface area contributed by atoms with Gasteiger partial charge in [0.25, 0.3) is 0 Å². The van der Waals surface area contributed by atoms with Gasteiger partial charge < -0.3 is 15.8 Å². The number of methoxy groups -OCH3 is 1. The van der Waals surface area contributed by atoms with E-state index in [4.69, 9.17) is 33.7 Å². The van der Waals surface area contributed by atoms with Crippen LogP contribution >= 0.6 is 23.2 Å². The minimum absolute atomic E-state index is 0.396. The molecule has 2 rings (SSSR count). The third-order valence-electron chi connectivity index (χ3n) is 2.94. The Kier molecular flexibility index (Phi) is 4.94. The lowest BCUT2D eigenvalue weighted by molar-refractivity contribution is -0.118. The molecule has 1 atom stereocenters. The molecule has 1 unspecified atom stereocenters. The Morgan fingerprint density at radius 1 is 1.24 bits per heavy atom. The third-order valence-corrected chi connectivity index (χ3v) is 3.51. The van der Waals surface area contributed by atoms with Gasteiger partial charge in [0.1, 0.15) is 11.8 Å². The van der Waals surface area contributed by atoms with Gasteiger partial charge in [-0.1, -0.05) is 35.3 Å². The molecular weight excluding hydrogens is 311 g/mol. The highest BCUT2D eigenvalue weighted by Gasteiger charge is 2.24. The van der Waals surface area contributed by atoms with Gasteiger partial charge in [0, 0.05) is 16.3 Å². The Balaban J connectivity index is 2.43. The molecule has 110 valence electrons. The fourth-order valence-corrected chi connectivity index (χ4v) is 2.47. The predicted molar refractivity (Wildman–Crippen MR) is 85.0 cm³/mol. The lowest BCUT2D eigenvalue weighted by Gasteiger charge is -2.20. The van der Waals surface area contributed by atoms with Gasteiger partial charge in [-0.25, -0.2) is 0 Å². The summed E-state index contributed by atoms with van der Waals surface area (Å²) in [7, 11) is 1.51. The molecule has 21 heavy (non-hydrogen) atoms. The molecule has 0 saturated carbocycles. The van der Waals surface area contributed by atoms with Crippen molar-refractivity contribution in [2.45, 2.75) is 6.04 Å². The summed E-state index contributed by atoms with van der Waals surface area (Å²) in [5.41, 5.74) is 6.65. The SMILES string of the molecule is COc1cccc(Cl)c1C(Nc1cccc(Cl)c1)C(N)=O. The van der Waals surface area contributed by atoms with Gasteiger partial charge in [-0.15, -0.1) is 0 Å². The number of amides is 1. The molecule has 0 bridgehead atoms. The summed E-state index contributed by atoms with van der Waals surface area (Å²) < 4.78 is 5.26. The highest BCUT2D eigenvalue weighted by atomic mass is 35.5. The average molecular weight is 325 g/mol. The van der Waals surface area contributed by atoms with Gasteiger partial charge in [-0.2, -0.15) is 0 Å². The molecule has 0 fully saturated rings. The zero-order valence-corrected chi connectivity index (χ0v) is 12.8. The zero-order chi connectivity index (χ0) is 15.4. The van der Waals surface area contributed by atoms with Crippen LogP contribution < -0.4 is 15.8 Å². The molecule has 0 aliphatic rings. The number of hydrogen-bond donors (Lipinski definition) is 2. The molecule has 3 N–H and O–H groups in total. The normalized spacial score (nSPS) is 11.8. The van der Waals surface area contributed by atoms with E-state index in [1.807, 2.05) is 0 Å². The Bertz CT molecular complexity index is 662. The Morgan fingerprint density at radius 2 is 1.95 bits per heavy atom. The smallest absolute Gasteiger partial charge is 0.244 e. The minimum atomic E-state index is -0.827. The van der Waals surface area contributed by atoms with Crippen molar-refractivity contribution >= 4 is 34.8 Å². The molecule has 0 aromatic heterocycles. The number of hydrogen-bond acceptors (Lipinski definition) is 3. The van der Waals surface area contributed by atoms with Crippen LogP contribution in [0.4, 0.5) is 5.69 Å². The van der Waals surface area contributed by atoms with Crippen molar-refractivity contribution in [1.82, 2.24) is 0 Å². The molecule has 2 aromatic rings. The van der Waals surface area contributed by atoms with Crippen LogP contribution in [0.15, 0.2) is 42.5 Å². The molecule has 4 nitrogen and oxygen atoms in total. The highest BCUT2D eigenvalue weighted by Crippen LogP contribution is 2.34. The molecule has 0 spiro atoms. The van der Waals surface area contributed by atoms with Crippen LogP contribution in [-0.4, -0.2) is 13.0 Å². The van der Waals surface area contributed by atoms with Crippen molar-refractivity contribution < 1.29 is 9.53 Å². The standard InChI is InChI=1S/C15H14Cl2N2O2/c1-21-12-7-3-6-11(17)13(12)14(15(18)20)19-10-5-2-4-9(16)8-10/h2-8,14,19H,1H3,(H2,18,20).